The maximum atomic E-state index is 11.8. The van der Waals surface area contributed by atoms with Crippen LogP contribution >= 0.6 is 22.9 Å². The molecule has 0 aliphatic rings. The summed E-state index contributed by atoms with van der Waals surface area (Å²) in [6.45, 7) is 0. The Morgan fingerprint density at radius 2 is 2.10 bits per heavy atom. The first-order valence-corrected chi connectivity index (χ1v) is 3.49. The molecule has 55 valence electrons. The fourth-order valence-corrected chi connectivity index (χ4v) is 1.32. The van der Waals surface area contributed by atoms with Gasteiger partial charge in [0.15, 0.2) is 0 Å². The van der Waals surface area contributed by atoms with Crippen molar-refractivity contribution in [3.05, 3.63) is 21.3 Å². The summed E-state index contributed by atoms with van der Waals surface area (Å²) in [6.07, 6.45) is -4.36. The zero-order chi connectivity index (χ0) is 7.78. The third-order valence-corrected chi connectivity index (χ3v) is 1.95. The third kappa shape index (κ3) is 1.44. The van der Waals surface area contributed by atoms with Crippen LogP contribution in [-0.2, 0) is 6.18 Å². The van der Waals surface area contributed by atoms with E-state index in [0.717, 1.165) is 11.3 Å². The molecule has 0 spiro atoms. The molecule has 0 atom stereocenters. The van der Waals surface area contributed by atoms with Crippen LogP contribution in [0.25, 0.3) is 0 Å². The van der Waals surface area contributed by atoms with E-state index in [1.54, 1.807) is 0 Å². The van der Waals surface area contributed by atoms with Crippen molar-refractivity contribution in [3.8, 4) is 0 Å². The van der Waals surface area contributed by atoms with Crippen molar-refractivity contribution < 1.29 is 13.2 Å². The molecule has 10 heavy (non-hydrogen) atoms. The maximum absolute atomic E-state index is 11.8. The summed E-state index contributed by atoms with van der Waals surface area (Å²) in [7, 11) is 0. The van der Waals surface area contributed by atoms with Crippen LogP contribution in [-0.4, -0.2) is 0 Å². The highest BCUT2D eigenvalue weighted by atomic mass is 35.5. The minimum Gasteiger partial charge on any atom is -0.166 e. The number of halogens is 4. The van der Waals surface area contributed by atoms with E-state index in [4.69, 9.17) is 11.6 Å². The molecule has 1 rings (SSSR count). The molecule has 0 amide bonds. The lowest BCUT2D eigenvalue weighted by molar-refractivity contribution is -0.137. The normalized spacial score (nSPS) is 12.0. The predicted octanol–water partition coefficient (Wildman–Crippen LogP) is 3.22. The van der Waals surface area contributed by atoms with E-state index in [2.05, 4.69) is 0 Å². The Labute approximate surface area is 64.2 Å². The van der Waals surface area contributed by atoms with Gasteiger partial charge < -0.3 is 0 Å². The Morgan fingerprint density at radius 3 is 2.30 bits per heavy atom. The SMILES string of the molecule is FC(F)(F)c1[c]csc1Cl. The first-order valence-electron chi connectivity index (χ1n) is 2.23. The molecular weight excluding hydrogens is 185 g/mol. The van der Waals surface area contributed by atoms with Crippen molar-refractivity contribution in [1.29, 1.82) is 0 Å². The third-order valence-electron chi connectivity index (χ3n) is 0.846. The van der Waals surface area contributed by atoms with Crippen LogP contribution in [0, 0.1) is 6.07 Å². The Morgan fingerprint density at radius 1 is 1.50 bits per heavy atom. The van der Waals surface area contributed by atoms with Crippen LogP contribution in [0.1, 0.15) is 5.56 Å². The molecule has 0 fully saturated rings. The lowest BCUT2D eigenvalue weighted by Crippen LogP contribution is -2.03. The Balaban J connectivity index is 3.05. The molecule has 0 aliphatic carbocycles. The van der Waals surface area contributed by atoms with Crippen molar-refractivity contribution in [2.24, 2.45) is 0 Å². The topological polar surface area (TPSA) is 0 Å². The summed E-state index contributed by atoms with van der Waals surface area (Å²) in [5.74, 6) is 0. The first kappa shape index (κ1) is 7.88. The van der Waals surface area contributed by atoms with Gasteiger partial charge in [0, 0.05) is 11.4 Å². The molecule has 0 saturated heterocycles. The van der Waals surface area contributed by atoms with Crippen LogP contribution in [0.4, 0.5) is 13.2 Å². The van der Waals surface area contributed by atoms with Crippen molar-refractivity contribution in [3.63, 3.8) is 0 Å². The predicted molar refractivity (Wildman–Crippen MR) is 33.2 cm³/mol. The number of hydrogen-bond donors (Lipinski definition) is 0. The van der Waals surface area contributed by atoms with Gasteiger partial charge in [0.05, 0.1) is 5.56 Å². The smallest absolute Gasteiger partial charge is 0.166 e. The van der Waals surface area contributed by atoms with E-state index >= 15 is 0 Å². The summed E-state index contributed by atoms with van der Waals surface area (Å²) in [6, 6.07) is 2.01. The minimum absolute atomic E-state index is 0.257. The van der Waals surface area contributed by atoms with Crippen molar-refractivity contribution >= 4 is 22.9 Å². The summed E-state index contributed by atoms with van der Waals surface area (Å²) in [5, 5.41) is 1.19. The van der Waals surface area contributed by atoms with Gasteiger partial charge in [0.2, 0.25) is 0 Å². The van der Waals surface area contributed by atoms with E-state index in [1.165, 1.54) is 5.38 Å². The maximum Gasteiger partial charge on any atom is 0.419 e. The summed E-state index contributed by atoms with van der Waals surface area (Å²) < 4.78 is 35.1. The number of rotatable bonds is 0. The highest BCUT2D eigenvalue weighted by Crippen LogP contribution is 2.36. The quantitative estimate of drug-likeness (QED) is 0.582. The summed E-state index contributed by atoms with van der Waals surface area (Å²) >= 11 is 6.01. The van der Waals surface area contributed by atoms with Gasteiger partial charge in [-0.25, -0.2) is 0 Å². The minimum atomic E-state index is -4.36. The summed E-state index contributed by atoms with van der Waals surface area (Å²) in [4.78, 5) is 0. The Hall–Kier alpha value is -0.220. The molecule has 5 heteroatoms. The standard InChI is InChI=1S/C5HClF3S/c6-4-3(1-2-10-4)5(7,8)9/h2H. The average molecular weight is 186 g/mol. The number of thiophene rings is 1. The van der Waals surface area contributed by atoms with E-state index in [0.29, 0.717) is 0 Å². The highest BCUT2D eigenvalue weighted by Gasteiger charge is 2.33. The molecule has 0 aliphatic heterocycles. The van der Waals surface area contributed by atoms with Crippen LogP contribution in [0.2, 0.25) is 4.34 Å². The van der Waals surface area contributed by atoms with Crippen LogP contribution < -0.4 is 0 Å². The molecule has 0 aromatic carbocycles. The Kier molecular flexibility index (Phi) is 1.92. The highest BCUT2D eigenvalue weighted by molar-refractivity contribution is 7.14. The fourth-order valence-electron chi connectivity index (χ4n) is 0.449. The molecule has 0 nitrogen and oxygen atoms in total. The van der Waals surface area contributed by atoms with Crippen LogP contribution in [0.15, 0.2) is 5.38 Å². The zero-order valence-corrected chi connectivity index (χ0v) is 6.07. The zero-order valence-electron chi connectivity index (χ0n) is 4.50. The lowest BCUT2D eigenvalue weighted by Gasteiger charge is -2.01. The van der Waals surface area contributed by atoms with Crippen LogP contribution in [0.3, 0.4) is 0 Å². The molecule has 1 aromatic rings. The van der Waals surface area contributed by atoms with E-state index in [9.17, 15) is 13.2 Å². The second-order valence-corrected chi connectivity index (χ2v) is 3.01. The molecule has 0 N–H and O–H groups in total. The van der Waals surface area contributed by atoms with Gasteiger partial charge in [-0.2, -0.15) is 13.2 Å². The molecule has 1 aromatic heterocycles. The molecule has 1 radical (unpaired) electrons. The van der Waals surface area contributed by atoms with Crippen molar-refractivity contribution in [2.45, 2.75) is 6.18 Å². The fraction of sp³-hybridized carbons (Fsp3) is 0.200. The van der Waals surface area contributed by atoms with E-state index in [1.807, 2.05) is 6.07 Å². The van der Waals surface area contributed by atoms with Crippen molar-refractivity contribution in [2.75, 3.05) is 0 Å². The van der Waals surface area contributed by atoms with Gasteiger partial charge >= 0.3 is 6.18 Å². The lowest BCUT2D eigenvalue weighted by atomic mass is 10.3. The second kappa shape index (κ2) is 2.43. The Bertz CT molecular complexity index is 227. The van der Waals surface area contributed by atoms with Gasteiger partial charge in [0.1, 0.15) is 4.34 Å². The van der Waals surface area contributed by atoms with Gasteiger partial charge in [-0.15, -0.1) is 11.3 Å². The second-order valence-electron chi connectivity index (χ2n) is 1.53. The number of alkyl halides is 3. The molecule has 0 unspecified atom stereocenters. The largest absolute Gasteiger partial charge is 0.419 e. The first-order chi connectivity index (χ1) is 4.52. The molecular formula is C5HClF3S. The van der Waals surface area contributed by atoms with Gasteiger partial charge in [-0.3, -0.25) is 0 Å². The van der Waals surface area contributed by atoms with Gasteiger partial charge in [-0.1, -0.05) is 11.6 Å². The van der Waals surface area contributed by atoms with Crippen LogP contribution in [0.5, 0.6) is 0 Å². The van der Waals surface area contributed by atoms with E-state index < -0.39 is 11.7 Å². The van der Waals surface area contributed by atoms with Gasteiger partial charge in [-0.05, 0) is 0 Å². The number of hydrogen-bond acceptors (Lipinski definition) is 1. The van der Waals surface area contributed by atoms with Gasteiger partial charge in [0.25, 0.3) is 0 Å². The van der Waals surface area contributed by atoms with E-state index in [-0.39, 0.29) is 4.34 Å². The monoisotopic (exact) mass is 185 g/mol. The molecule has 0 bridgehead atoms. The average Bonchev–Trinajstić information content (AvgIpc) is 2.11. The van der Waals surface area contributed by atoms with Crippen molar-refractivity contribution in [1.82, 2.24) is 0 Å². The molecule has 0 saturated carbocycles. The molecule has 1 heterocycles. The summed E-state index contributed by atoms with van der Waals surface area (Å²) in [5.41, 5.74) is -0.876.